The van der Waals surface area contributed by atoms with E-state index in [9.17, 15) is 4.39 Å². The number of hydrogen-bond donors (Lipinski definition) is 1. The molecular formula is C14H10BrFN4OS. The van der Waals surface area contributed by atoms with Gasteiger partial charge in [-0.1, -0.05) is 12.1 Å². The summed E-state index contributed by atoms with van der Waals surface area (Å²) in [6, 6.07) is 7.89. The van der Waals surface area contributed by atoms with Crippen LogP contribution in [0, 0.1) is 12.7 Å². The lowest BCUT2D eigenvalue weighted by molar-refractivity contribution is 0.442. The standard InChI is InChI=1S/C14H10BrFN4OS/c1-8-18-14(22-20-8)19-13-12(6-9(15)7-17-13)21-11-5-3-2-4-10(11)16/h2-7H,1H3,(H,17,18,19,20). The average Bonchev–Trinajstić information content (AvgIpc) is 2.90. The van der Waals surface area contributed by atoms with E-state index < -0.39 is 5.82 Å². The molecule has 1 aromatic carbocycles. The summed E-state index contributed by atoms with van der Waals surface area (Å²) in [4.78, 5) is 8.45. The van der Waals surface area contributed by atoms with Gasteiger partial charge in [-0.25, -0.2) is 14.4 Å². The van der Waals surface area contributed by atoms with Crippen molar-refractivity contribution in [3.63, 3.8) is 0 Å². The zero-order valence-corrected chi connectivity index (χ0v) is 13.8. The second-order valence-electron chi connectivity index (χ2n) is 4.30. The first-order valence-electron chi connectivity index (χ1n) is 6.27. The molecule has 0 saturated carbocycles. The highest BCUT2D eigenvalue weighted by atomic mass is 79.9. The molecule has 8 heteroatoms. The molecule has 112 valence electrons. The van der Waals surface area contributed by atoms with Gasteiger partial charge >= 0.3 is 0 Å². The molecule has 0 bridgehead atoms. The van der Waals surface area contributed by atoms with Gasteiger partial charge in [0, 0.05) is 28.3 Å². The molecule has 0 unspecified atom stereocenters. The van der Waals surface area contributed by atoms with Crippen molar-refractivity contribution in [2.45, 2.75) is 6.92 Å². The third kappa shape index (κ3) is 3.40. The van der Waals surface area contributed by atoms with Gasteiger partial charge in [-0.05, 0) is 35.0 Å². The van der Waals surface area contributed by atoms with Gasteiger partial charge in [0.1, 0.15) is 5.82 Å². The van der Waals surface area contributed by atoms with Crippen LogP contribution < -0.4 is 10.1 Å². The molecule has 0 fully saturated rings. The Hall–Kier alpha value is -2.06. The van der Waals surface area contributed by atoms with Crippen LogP contribution in [0.15, 0.2) is 41.0 Å². The number of pyridine rings is 1. The highest BCUT2D eigenvalue weighted by Gasteiger charge is 2.12. The minimum absolute atomic E-state index is 0.124. The molecule has 0 aliphatic carbocycles. The number of nitrogens with one attached hydrogen (secondary N) is 1. The Morgan fingerprint density at radius 2 is 2.09 bits per heavy atom. The van der Waals surface area contributed by atoms with E-state index in [2.05, 4.69) is 35.6 Å². The summed E-state index contributed by atoms with van der Waals surface area (Å²) >= 11 is 4.54. The zero-order valence-electron chi connectivity index (χ0n) is 11.4. The second-order valence-corrected chi connectivity index (χ2v) is 5.97. The van der Waals surface area contributed by atoms with Crippen LogP contribution in [0.3, 0.4) is 0 Å². The van der Waals surface area contributed by atoms with E-state index >= 15 is 0 Å². The monoisotopic (exact) mass is 380 g/mol. The van der Waals surface area contributed by atoms with Crippen molar-refractivity contribution >= 4 is 38.4 Å². The summed E-state index contributed by atoms with van der Waals surface area (Å²) in [5.41, 5.74) is 0. The predicted molar refractivity (Wildman–Crippen MR) is 86.3 cm³/mol. The molecule has 0 aliphatic rings. The molecule has 0 aliphatic heterocycles. The summed E-state index contributed by atoms with van der Waals surface area (Å²) in [5.74, 6) is 1.16. The lowest BCUT2D eigenvalue weighted by Crippen LogP contribution is -1.98. The normalized spacial score (nSPS) is 10.5. The number of anilines is 2. The Balaban J connectivity index is 1.92. The topological polar surface area (TPSA) is 59.9 Å². The van der Waals surface area contributed by atoms with Crippen LogP contribution in [-0.2, 0) is 0 Å². The van der Waals surface area contributed by atoms with Gasteiger partial charge in [-0.3, -0.25) is 0 Å². The van der Waals surface area contributed by atoms with Crippen LogP contribution in [0.5, 0.6) is 11.5 Å². The number of hydrogen-bond acceptors (Lipinski definition) is 6. The minimum atomic E-state index is -0.444. The minimum Gasteiger partial charge on any atom is -0.450 e. The molecule has 5 nitrogen and oxygen atoms in total. The fourth-order valence-corrected chi connectivity index (χ4v) is 2.57. The Morgan fingerprint density at radius 3 is 2.82 bits per heavy atom. The molecule has 0 spiro atoms. The maximum Gasteiger partial charge on any atom is 0.208 e. The first-order chi connectivity index (χ1) is 10.6. The molecule has 2 heterocycles. The molecule has 0 amide bonds. The van der Waals surface area contributed by atoms with Gasteiger partial charge in [-0.15, -0.1) is 0 Å². The fourth-order valence-electron chi connectivity index (χ4n) is 1.69. The van der Waals surface area contributed by atoms with E-state index in [4.69, 9.17) is 4.74 Å². The van der Waals surface area contributed by atoms with Gasteiger partial charge in [0.05, 0.1) is 0 Å². The molecule has 3 aromatic rings. The summed E-state index contributed by atoms with van der Waals surface area (Å²) in [7, 11) is 0. The van der Waals surface area contributed by atoms with E-state index in [1.807, 2.05) is 0 Å². The number of aryl methyl sites for hydroxylation is 1. The molecule has 1 N–H and O–H groups in total. The van der Waals surface area contributed by atoms with Crippen LogP contribution in [0.25, 0.3) is 0 Å². The van der Waals surface area contributed by atoms with Crippen molar-refractivity contribution in [1.82, 2.24) is 14.3 Å². The van der Waals surface area contributed by atoms with Crippen LogP contribution >= 0.6 is 27.5 Å². The third-order valence-electron chi connectivity index (χ3n) is 2.63. The van der Waals surface area contributed by atoms with Crippen molar-refractivity contribution in [3.8, 4) is 11.5 Å². The molecule has 0 radical (unpaired) electrons. The molecular weight excluding hydrogens is 371 g/mol. The lowest BCUT2D eigenvalue weighted by atomic mass is 10.3. The van der Waals surface area contributed by atoms with Crippen molar-refractivity contribution in [2.24, 2.45) is 0 Å². The summed E-state index contributed by atoms with van der Waals surface area (Å²) in [6.07, 6.45) is 1.62. The summed E-state index contributed by atoms with van der Waals surface area (Å²) in [5, 5.41) is 3.61. The van der Waals surface area contributed by atoms with Crippen LogP contribution in [0.2, 0.25) is 0 Å². The van der Waals surface area contributed by atoms with E-state index in [1.165, 1.54) is 17.6 Å². The number of para-hydroxylation sites is 1. The van der Waals surface area contributed by atoms with Crippen LogP contribution in [-0.4, -0.2) is 14.3 Å². The van der Waals surface area contributed by atoms with Crippen LogP contribution in [0.1, 0.15) is 5.82 Å². The smallest absolute Gasteiger partial charge is 0.208 e. The molecule has 0 saturated heterocycles. The van der Waals surface area contributed by atoms with Crippen molar-refractivity contribution in [1.29, 1.82) is 0 Å². The maximum absolute atomic E-state index is 13.7. The van der Waals surface area contributed by atoms with Gasteiger partial charge in [0.25, 0.3) is 0 Å². The lowest BCUT2D eigenvalue weighted by Gasteiger charge is -2.11. The van der Waals surface area contributed by atoms with Crippen molar-refractivity contribution in [2.75, 3.05) is 5.32 Å². The zero-order chi connectivity index (χ0) is 15.5. The first kappa shape index (κ1) is 14.9. The van der Waals surface area contributed by atoms with Crippen molar-refractivity contribution < 1.29 is 9.13 Å². The molecule has 22 heavy (non-hydrogen) atoms. The van der Waals surface area contributed by atoms with E-state index in [-0.39, 0.29) is 5.75 Å². The molecule has 3 rings (SSSR count). The van der Waals surface area contributed by atoms with Gasteiger partial charge in [0.2, 0.25) is 5.13 Å². The Kier molecular flexibility index (Phi) is 4.30. The van der Waals surface area contributed by atoms with Crippen molar-refractivity contribution in [3.05, 3.63) is 52.6 Å². The van der Waals surface area contributed by atoms with Gasteiger partial charge in [0.15, 0.2) is 23.1 Å². The van der Waals surface area contributed by atoms with E-state index in [0.29, 0.717) is 22.5 Å². The number of nitrogens with zero attached hydrogens (tertiary/aromatic N) is 3. The number of ether oxygens (including phenoxy) is 1. The number of aromatic nitrogens is 3. The Morgan fingerprint density at radius 1 is 1.27 bits per heavy atom. The predicted octanol–water partition coefficient (Wildman–Crippen LogP) is 4.68. The van der Waals surface area contributed by atoms with E-state index in [0.717, 1.165) is 4.47 Å². The number of rotatable bonds is 4. The summed E-state index contributed by atoms with van der Waals surface area (Å²) in [6.45, 7) is 1.80. The Labute approximate surface area is 138 Å². The van der Waals surface area contributed by atoms with Gasteiger partial charge < -0.3 is 10.1 Å². The average molecular weight is 381 g/mol. The largest absolute Gasteiger partial charge is 0.450 e. The quantitative estimate of drug-likeness (QED) is 0.711. The van der Waals surface area contributed by atoms with Gasteiger partial charge in [-0.2, -0.15) is 4.37 Å². The maximum atomic E-state index is 13.7. The fraction of sp³-hybridized carbons (Fsp3) is 0.0714. The van der Waals surface area contributed by atoms with Crippen LogP contribution in [0.4, 0.5) is 15.3 Å². The third-order valence-corrected chi connectivity index (χ3v) is 3.78. The second kappa shape index (κ2) is 6.37. The highest BCUT2D eigenvalue weighted by molar-refractivity contribution is 9.10. The summed E-state index contributed by atoms with van der Waals surface area (Å²) < 4.78 is 24.2. The molecule has 0 atom stereocenters. The van der Waals surface area contributed by atoms with E-state index in [1.54, 1.807) is 37.4 Å². The SMILES string of the molecule is Cc1nsc(Nc2ncc(Br)cc2Oc2ccccc2F)n1. The highest BCUT2D eigenvalue weighted by Crippen LogP contribution is 2.33. The number of halogens is 2. The Bertz CT molecular complexity index is 811. The first-order valence-corrected chi connectivity index (χ1v) is 7.84. The number of benzene rings is 1. The molecule has 2 aromatic heterocycles.